The van der Waals surface area contributed by atoms with Gasteiger partial charge in [-0.05, 0) is 42.5 Å². The summed E-state index contributed by atoms with van der Waals surface area (Å²) in [5.74, 6) is 0.950. The number of nitrogens with zero attached hydrogens (tertiary/aromatic N) is 1. The van der Waals surface area contributed by atoms with Crippen molar-refractivity contribution in [1.82, 2.24) is 4.90 Å². The molecular weight excluding hydrogens is 442 g/mol. The van der Waals surface area contributed by atoms with Gasteiger partial charge in [-0.25, -0.2) is 0 Å². The van der Waals surface area contributed by atoms with E-state index in [1.165, 1.54) is 0 Å². The van der Waals surface area contributed by atoms with Crippen LogP contribution in [-0.2, 0) is 16.1 Å². The van der Waals surface area contributed by atoms with E-state index in [9.17, 15) is 15.0 Å². The summed E-state index contributed by atoms with van der Waals surface area (Å²) in [6.07, 6.45) is 2.61. The summed E-state index contributed by atoms with van der Waals surface area (Å²) in [6.45, 7) is 10.0. The van der Waals surface area contributed by atoms with Crippen LogP contribution in [0.2, 0.25) is 0 Å². The summed E-state index contributed by atoms with van der Waals surface area (Å²) < 4.78 is 11.6. The second-order valence-electron chi connectivity index (χ2n) is 10.2. The topological polar surface area (TPSA) is 79.2 Å². The molecule has 1 amide bonds. The summed E-state index contributed by atoms with van der Waals surface area (Å²) in [4.78, 5) is 14.7. The molecule has 0 aliphatic carbocycles. The van der Waals surface area contributed by atoms with Crippen molar-refractivity contribution in [2.75, 3.05) is 26.3 Å². The minimum atomic E-state index is -0.622. The van der Waals surface area contributed by atoms with Crippen LogP contribution in [0.25, 0.3) is 0 Å². The Labute approximate surface area is 209 Å². The highest BCUT2D eigenvalue weighted by atomic mass is 16.5. The molecule has 1 saturated heterocycles. The number of carbonyl (C=O) groups is 1. The quantitative estimate of drug-likeness (QED) is 0.438. The van der Waals surface area contributed by atoms with E-state index in [0.717, 1.165) is 30.4 Å². The van der Waals surface area contributed by atoms with Crippen molar-refractivity contribution in [3.8, 4) is 11.5 Å². The third kappa shape index (κ3) is 6.98. The van der Waals surface area contributed by atoms with Gasteiger partial charge in [0.1, 0.15) is 6.61 Å². The summed E-state index contributed by atoms with van der Waals surface area (Å²) in [6, 6.07) is 15.2. The molecule has 1 aliphatic rings. The molecule has 6 nitrogen and oxygen atoms in total. The largest absolute Gasteiger partial charge is 0.504 e. The van der Waals surface area contributed by atoms with Crippen LogP contribution >= 0.6 is 0 Å². The number of phenolic OH excluding ortho intramolecular Hbond substituents is 1. The molecule has 0 aromatic heterocycles. The van der Waals surface area contributed by atoms with Crippen molar-refractivity contribution in [3.63, 3.8) is 0 Å². The lowest BCUT2D eigenvalue weighted by Crippen LogP contribution is -2.38. The van der Waals surface area contributed by atoms with Gasteiger partial charge in [-0.3, -0.25) is 4.79 Å². The maximum absolute atomic E-state index is 13.0. The fourth-order valence-electron chi connectivity index (χ4n) is 4.91. The zero-order valence-electron chi connectivity index (χ0n) is 21.6. The van der Waals surface area contributed by atoms with Crippen molar-refractivity contribution in [2.45, 2.75) is 65.6 Å². The minimum Gasteiger partial charge on any atom is -0.504 e. The van der Waals surface area contributed by atoms with Gasteiger partial charge >= 0.3 is 0 Å². The average Bonchev–Trinajstić information content (AvgIpc) is 3.20. The van der Waals surface area contributed by atoms with Gasteiger partial charge in [0.2, 0.25) is 5.91 Å². The van der Waals surface area contributed by atoms with Crippen LogP contribution in [0, 0.1) is 11.3 Å². The Morgan fingerprint density at radius 1 is 1.17 bits per heavy atom. The number of amides is 1. The van der Waals surface area contributed by atoms with Crippen molar-refractivity contribution in [2.24, 2.45) is 11.3 Å². The number of ether oxygens (including phenoxy) is 2. The third-order valence-electron chi connectivity index (χ3n) is 7.41. The van der Waals surface area contributed by atoms with Crippen LogP contribution in [0.15, 0.2) is 48.5 Å². The third-order valence-corrected chi connectivity index (χ3v) is 7.41. The lowest BCUT2D eigenvalue weighted by molar-refractivity contribution is -0.136. The van der Waals surface area contributed by atoms with Crippen molar-refractivity contribution >= 4 is 5.91 Å². The number of rotatable bonds is 12. The minimum absolute atomic E-state index is 0.00259. The van der Waals surface area contributed by atoms with Crippen LogP contribution in [-0.4, -0.2) is 53.4 Å². The van der Waals surface area contributed by atoms with E-state index in [4.69, 9.17) is 9.47 Å². The molecule has 2 aromatic carbocycles. The standard InChI is InChI=1S/C29H41NO5/c1-5-9-21(2)14-15-35-27-16-24(12-13-26(27)32)25-17-30(20-29(25,4)22(3)31)28(33)19-34-18-23-10-7-6-8-11-23/h6-8,10-13,16,21-22,25,31-32H,5,9,14-15,17-20H2,1-4H3/t21?,22-,25+,29?/m1/s1. The number of aliphatic hydroxyl groups excluding tert-OH is 1. The normalized spacial score (nSPS) is 21.6. The molecule has 1 aliphatic heterocycles. The van der Waals surface area contributed by atoms with Crippen LogP contribution in [0.5, 0.6) is 11.5 Å². The Hall–Kier alpha value is -2.57. The number of hydrogen-bond acceptors (Lipinski definition) is 5. The maximum atomic E-state index is 13.0. The molecule has 2 aromatic rings. The Balaban J connectivity index is 1.67. The molecule has 4 atom stereocenters. The van der Waals surface area contributed by atoms with Gasteiger partial charge in [0.25, 0.3) is 0 Å². The number of carbonyl (C=O) groups excluding carboxylic acids is 1. The predicted octanol–water partition coefficient (Wildman–Crippen LogP) is 5.13. The van der Waals surface area contributed by atoms with Gasteiger partial charge in [0.05, 0.1) is 19.3 Å². The van der Waals surface area contributed by atoms with Crippen LogP contribution in [0.3, 0.4) is 0 Å². The SMILES string of the molecule is CCCC(C)CCOc1cc([C@@H]2CN(C(=O)COCc3ccccc3)CC2(C)[C@@H](C)O)ccc1O. The molecule has 2 N–H and O–H groups in total. The second-order valence-corrected chi connectivity index (χ2v) is 10.2. The number of aromatic hydroxyl groups is 1. The van der Waals surface area contributed by atoms with Gasteiger partial charge < -0.3 is 24.6 Å². The van der Waals surface area contributed by atoms with Crippen LogP contribution < -0.4 is 4.74 Å². The number of hydrogen-bond donors (Lipinski definition) is 2. The number of benzene rings is 2. The molecule has 2 unspecified atom stereocenters. The Kier molecular flexibility index (Phi) is 9.58. The van der Waals surface area contributed by atoms with Crippen LogP contribution in [0.1, 0.15) is 64.0 Å². The summed E-state index contributed by atoms with van der Waals surface area (Å²) in [5.41, 5.74) is 1.44. The lowest BCUT2D eigenvalue weighted by atomic mass is 9.72. The number of phenols is 1. The molecule has 0 radical (unpaired) electrons. The first-order chi connectivity index (χ1) is 16.7. The van der Waals surface area contributed by atoms with Gasteiger partial charge in [-0.15, -0.1) is 0 Å². The van der Waals surface area contributed by atoms with E-state index in [1.807, 2.05) is 49.4 Å². The highest BCUT2D eigenvalue weighted by Crippen LogP contribution is 2.46. The average molecular weight is 484 g/mol. The fraction of sp³-hybridized carbons (Fsp3) is 0.552. The summed E-state index contributed by atoms with van der Waals surface area (Å²) >= 11 is 0. The molecule has 6 heteroatoms. The smallest absolute Gasteiger partial charge is 0.248 e. The molecular formula is C29H41NO5. The molecule has 0 bridgehead atoms. The number of likely N-dealkylation sites (tertiary alicyclic amines) is 1. The molecule has 192 valence electrons. The first-order valence-electron chi connectivity index (χ1n) is 12.8. The monoisotopic (exact) mass is 483 g/mol. The van der Waals surface area contributed by atoms with E-state index in [-0.39, 0.29) is 24.2 Å². The summed E-state index contributed by atoms with van der Waals surface area (Å²) in [7, 11) is 0. The van der Waals surface area contributed by atoms with Crippen molar-refractivity contribution < 1.29 is 24.5 Å². The maximum Gasteiger partial charge on any atom is 0.248 e. The zero-order chi connectivity index (χ0) is 25.4. The molecule has 0 spiro atoms. The molecule has 3 rings (SSSR count). The Bertz CT molecular complexity index is 947. The Morgan fingerprint density at radius 3 is 2.60 bits per heavy atom. The fourth-order valence-corrected chi connectivity index (χ4v) is 4.91. The van der Waals surface area contributed by atoms with E-state index in [0.29, 0.717) is 38.0 Å². The first kappa shape index (κ1) is 27.0. The van der Waals surface area contributed by atoms with E-state index < -0.39 is 11.5 Å². The van der Waals surface area contributed by atoms with Gasteiger partial charge in [0, 0.05) is 24.4 Å². The van der Waals surface area contributed by atoms with Crippen molar-refractivity contribution in [3.05, 3.63) is 59.7 Å². The van der Waals surface area contributed by atoms with E-state index in [2.05, 4.69) is 13.8 Å². The molecule has 1 fully saturated rings. The first-order valence-corrected chi connectivity index (χ1v) is 12.8. The van der Waals surface area contributed by atoms with E-state index >= 15 is 0 Å². The zero-order valence-corrected chi connectivity index (χ0v) is 21.6. The van der Waals surface area contributed by atoms with E-state index in [1.54, 1.807) is 17.9 Å². The lowest BCUT2D eigenvalue weighted by Gasteiger charge is -2.33. The molecule has 1 heterocycles. The highest BCUT2D eigenvalue weighted by Gasteiger charge is 2.48. The van der Waals surface area contributed by atoms with Gasteiger partial charge in [-0.1, -0.05) is 70.0 Å². The second kappa shape index (κ2) is 12.4. The molecule has 0 saturated carbocycles. The predicted molar refractivity (Wildman–Crippen MR) is 137 cm³/mol. The summed E-state index contributed by atoms with van der Waals surface area (Å²) in [5, 5.41) is 21.1. The van der Waals surface area contributed by atoms with Gasteiger partial charge in [-0.2, -0.15) is 0 Å². The highest BCUT2D eigenvalue weighted by molar-refractivity contribution is 5.78. The van der Waals surface area contributed by atoms with Gasteiger partial charge in [0.15, 0.2) is 11.5 Å². The Morgan fingerprint density at radius 2 is 1.91 bits per heavy atom. The van der Waals surface area contributed by atoms with Crippen molar-refractivity contribution in [1.29, 1.82) is 0 Å². The number of aliphatic hydroxyl groups is 1. The van der Waals surface area contributed by atoms with Crippen LogP contribution in [0.4, 0.5) is 0 Å². The molecule has 35 heavy (non-hydrogen) atoms.